The number of hydrogen-bond acceptors (Lipinski definition) is 6. The molecule has 3 N–H and O–H groups in total. The molecule has 5 rings (SSSR count). The Hall–Kier alpha value is -4.53. The first-order chi connectivity index (χ1) is 18.3. The summed E-state index contributed by atoms with van der Waals surface area (Å²) >= 11 is 0. The van der Waals surface area contributed by atoms with E-state index in [1.807, 2.05) is 61.0 Å². The van der Waals surface area contributed by atoms with Crippen LogP contribution in [0, 0.1) is 13.8 Å². The van der Waals surface area contributed by atoms with Gasteiger partial charge in [0, 0.05) is 30.8 Å². The number of nitrogens with one attached hydrogen (secondary N) is 1. The Balaban J connectivity index is 1.39. The Morgan fingerprint density at radius 3 is 2.58 bits per heavy atom. The molecule has 4 aromatic rings. The zero-order valence-corrected chi connectivity index (χ0v) is 21.6. The van der Waals surface area contributed by atoms with Crippen molar-refractivity contribution >= 4 is 28.7 Å². The molecule has 1 aliphatic heterocycles. The van der Waals surface area contributed by atoms with E-state index in [1.165, 1.54) is 12.4 Å². The Bertz CT molecular complexity index is 1500. The molecule has 1 unspecified atom stereocenters. The molecule has 38 heavy (non-hydrogen) atoms. The van der Waals surface area contributed by atoms with Gasteiger partial charge in [0.05, 0.1) is 11.4 Å². The topological polar surface area (TPSA) is 119 Å². The number of nitrogens with zero attached hydrogens (tertiary/aromatic N) is 5. The number of anilines is 1. The van der Waals surface area contributed by atoms with E-state index >= 15 is 0 Å². The molecule has 2 aromatic heterocycles. The highest BCUT2D eigenvalue weighted by atomic mass is 16.2. The van der Waals surface area contributed by atoms with E-state index in [0.717, 1.165) is 35.1 Å². The number of fused-ring (bicyclic) bond motifs is 1. The van der Waals surface area contributed by atoms with Crippen LogP contribution in [0.1, 0.15) is 45.9 Å². The minimum Gasteiger partial charge on any atom is -0.383 e. The number of aromatic nitrogens is 4. The standard InChI is InChI=1S/C29H31N7O2/c1-4-24(37)35-11-5-6-23(16-35)36-28-25(27(30)32-17-33-28)26(34-36)21-9-7-20(8-10-21)15-31-29(38)22-13-18(2)12-19(3)14-22/h4,7-10,12-14,17,23H,1,5-6,11,15-16H2,2-3H3,(H,31,38)(H2,30,32,33). The van der Waals surface area contributed by atoms with E-state index in [4.69, 9.17) is 10.8 Å². The van der Waals surface area contributed by atoms with Gasteiger partial charge in [0.2, 0.25) is 5.91 Å². The zero-order chi connectivity index (χ0) is 26.8. The van der Waals surface area contributed by atoms with Gasteiger partial charge in [0.1, 0.15) is 17.8 Å². The van der Waals surface area contributed by atoms with Crippen molar-refractivity contribution in [2.24, 2.45) is 0 Å². The lowest BCUT2D eigenvalue weighted by molar-refractivity contribution is -0.127. The first-order valence-corrected chi connectivity index (χ1v) is 12.7. The molecular formula is C29H31N7O2. The molecule has 1 saturated heterocycles. The molecule has 9 nitrogen and oxygen atoms in total. The second-order valence-corrected chi connectivity index (χ2v) is 9.79. The molecule has 0 aliphatic carbocycles. The van der Waals surface area contributed by atoms with Crippen LogP contribution >= 0.6 is 0 Å². The number of nitrogens with two attached hydrogens (primary N) is 1. The van der Waals surface area contributed by atoms with Crippen molar-refractivity contribution in [3.8, 4) is 11.3 Å². The summed E-state index contributed by atoms with van der Waals surface area (Å²) in [5.74, 6) is 0.170. The summed E-state index contributed by atoms with van der Waals surface area (Å²) in [5.41, 5.74) is 12.2. The van der Waals surface area contributed by atoms with Gasteiger partial charge in [0.15, 0.2) is 5.65 Å². The summed E-state index contributed by atoms with van der Waals surface area (Å²) in [4.78, 5) is 35.4. The Kier molecular flexibility index (Phi) is 6.91. The van der Waals surface area contributed by atoms with Crippen LogP contribution in [-0.4, -0.2) is 49.6 Å². The van der Waals surface area contributed by atoms with Crippen molar-refractivity contribution in [1.29, 1.82) is 0 Å². The van der Waals surface area contributed by atoms with Crippen LogP contribution in [0.3, 0.4) is 0 Å². The van der Waals surface area contributed by atoms with Crippen molar-refractivity contribution in [3.05, 3.63) is 83.7 Å². The average Bonchev–Trinajstić information content (AvgIpc) is 3.32. The number of rotatable bonds is 6. The highest BCUT2D eigenvalue weighted by Crippen LogP contribution is 2.33. The van der Waals surface area contributed by atoms with E-state index < -0.39 is 0 Å². The third kappa shape index (κ3) is 5.00. The molecule has 9 heteroatoms. The Labute approximate surface area is 221 Å². The highest BCUT2D eigenvalue weighted by Gasteiger charge is 2.28. The third-order valence-electron chi connectivity index (χ3n) is 6.91. The summed E-state index contributed by atoms with van der Waals surface area (Å²) in [7, 11) is 0. The van der Waals surface area contributed by atoms with Crippen molar-refractivity contribution in [1.82, 2.24) is 30.0 Å². The largest absolute Gasteiger partial charge is 0.383 e. The number of piperidine rings is 1. The molecule has 2 aromatic carbocycles. The van der Waals surface area contributed by atoms with Gasteiger partial charge in [0.25, 0.3) is 5.91 Å². The van der Waals surface area contributed by atoms with E-state index in [0.29, 0.717) is 47.7 Å². The van der Waals surface area contributed by atoms with Crippen LogP contribution in [-0.2, 0) is 11.3 Å². The van der Waals surface area contributed by atoms with E-state index in [1.54, 1.807) is 4.90 Å². The van der Waals surface area contributed by atoms with E-state index in [9.17, 15) is 9.59 Å². The van der Waals surface area contributed by atoms with Gasteiger partial charge in [-0.3, -0.25) is 9.59 Å². The number of likely N-dealkylation sites (tertiary alicyclic amines) is 1. The normalized spacial score (nSPS) is 15.4. The van der Waals surface area contributed by atoms with Gasteiger partial charge in [-0.15, -0.1) is 0 Å². The Morgan fingerprint density at radius 1 is 1.13 bits per heavy atom. The van der Waals surface area contributed by atoms with Gasteiger partial charge < -0.3 is 16.0 Å². The molecule has 1 fully saturated rings. The molecule has 2 amide bonds. The van der Waals surface area contributed by atoms with Gasteiger partial charge in [-0.1, -0.05) is 48.0 Å². The highest BCUT2D eigenvalue weighted by molar-refractivity contribution is 5.98. The smallest absolute Gasteiger partial charge is 0.251 e. The van der Waals surface area contributed by atoms with Crippen molar-refractivity contribution in [2.45, 2.75) is 39.3 Å². The molecule has 0 radical (unpaired) electrons. The number of nitrogen functional groups attached to an aromatic ring is 1. The SMILES string of the molecule is C=CC(=O)N1CCCC(n2nc(-c3ccc(CNC(=O)c4cc(C)cc(C)c4)cc3)c3c(N)ncnc32)C1. The summed E-state index contributed by atoms with van der Waals surface area (Å²) in [6, 6.07) is 13.6. The number of benzene rings is 2. The van der Waals surface area contributed by atoms with Crippen molar-refractivity contribution in [3.63, 3.8) is 0 Å². The summed E-state index contributed by atoms with van der Waals surface area (Å²) in [5, 5.41) is 8.61. The minimum atomic E-state index is -0.105. The predicted octanol–water partition coefficient (Wildman–Crippen LogP) is 3.97. The number of carbonyl (C=O) groups excluding carboxylic acids is 2. The van der Waals surface area contributed by atoms with Gasteiger partial charge in [-0.05, 0) is 50.5 Å². The van der Waals surface area contributed by atoms with Gasteiger partial charge >= 0.3 is 0 Å². The summed E-state index contributed by atoms with van der Waals surface area (Å²) < 4.78 is 1.88. The number of amides is 2. The Morgan fingerprint density at radius 2 is 1.87 bits per heavy atom. The molecular weight excluding hydrogens is 478 g/mol. The maximum Gasteiger partial charge on any atom is 0.251 e. The number of aryl methyl sites for hydroxylation is 2. The van der Waals surface area contributed by atoms with Gasteiger partial charge in [-0.2, -0.15) is 5.10 Å². The van der Waals surface area contributed by atoms with E-state index in [-0.39, 0.29) is 17.9 Å². The summed E-state index contributed by atoms with van der Waals surface area (Å²) in [6.45, 7) is 9.22. The molecule has 1 aliphatic rings. The first kappa shape index (κ1) is 25.1. The van der Waals surface area contributed by atoms with Crippen LogP contribution in [0.2, 0.25) is 0 Å². The molecule has 3 heterocycles. The minimum absolute atomic E-state index is 0.0297. The lowest BCUT2D eigenvalue weighted by atomic mass is 10.1. The molecule has 0 bridgehead atoms. The average molecular weight is 510 g/mol. The molecule has 0 spiro atoms. The van der Waals surface area contributed by atoms with Crippen LogP contribution < -0.4 is 11.1 Å². The molecule has 194 valence electrons. The maximum absolute atomic E-state index is 12.7. The van der Waals surface area contributed by atoms with Crippen LogP contribution in [0.25, 0.3) is 22.3 Å². The first-order valence-electron chi connectivity index (χ1n) is 12.7. The van der Waals surface area contributed by atoms with Gasteiger partial charge in [-0.25, -0.2) is 14.6 Å². The van der Waals surface area contributed by atoms with Crippen molar-refractivity contribution in [2.75, 3.05) is 18.8 Å². The lowest BCUT2D eigenvalue weighted by Crippen LogP contribution is -2.40. The fourth-order valence-electron chi connectivity index (χ4n) is 5.11. The van der Waals surface area contributed by atoms with Crippen LogP contribution in [0.5, 0.6) is 0 Å². The number of carbonyl (C=O) groups is 2. The van der Waals surface area contributed by atoms with Crippen LogP contribution in [0.15, 0.2) is 61.4 Å². The number of hydrogen-bond donors (Lipinski definition) is 2. The summed E-state index contributed by atoms with van der Waals surface area (Å²) in [6.07, 6.45) is 4.53. The van der Waals surface area contributed by atoms with Crippen LogP contribution in [0.4, 0.5) is 5.82 Å². The monoisotopic (exact) mass is 509 g/mol. The molecule has 1 atom stereocenters. The zero-order valence-electron chi connectivity index (χ0n) is 21.6. The quantitative estimate of drug-likeness (QED) is 0.380. The third-order valence-corrected chi connectivity index (χ3v) is 6.91. The van der Waals surface area contributed by atoms with Crippen molar-refractivity contribution < 1.29 is 9.59 Å². The fraction of sp³-hybridized carbons (Fsp3) is 0.276. The maximum atomic E-state index is 12.7. The fourth-order valence-corrected chi connectivity index (χ4v) is 5.11. The second kappa shape index (κ2) is 10.5. The predicted molar refractivity (Wildman–Crippen MR) is 147 cm³/mol. The second-order valence-electron chi connectivity index (χ2n) is 9.79. The molecule has 0 saturated carbocycles. The van der Waals surface area contributed by atoms with E-state index in [2.05, 4.69) is 21.9 Å². The lowest BCUT2D eigenvalue weighted by Gasteiger charge is -2.32.